The molecule has 3 amide bonds. The minimum Gasteiger partial charge on any atom is -0.455 e. The van der Waals surface area contributed by atoms with Gasteiger partial charge in [-0.25, -0.2) is 14.8 Å². The first-order chi connectivity index (χ1) is 15.4. The number of hydrogen-bond acceptors (Lipinski definition) is 7. The molecular weight excluding hydrogens is 426 g/mol. The van der Waals surface area contributed by atoms with E-state index in [2.05, 4.69) is 20.3 Å². The molecule has 32 heavy (non-hydrogen) atoms. The lowest BCUT2D eigenvalue weighted by molar-refractivity contribution is -0.137. The monoisotopic (exact) mass is 449 g/mol. The number of carbonyl (C=O) groups excluding carboxylic acids is 2. The number of carbonyl (C=O) groups is 2. The zero-order valence-electron chi connectivity index (χ0n) is 17.9. The summed E-state index contributed by atoms with van der Waals surface area (Å²) in [6.45, 7) is 4.23. The first-order valence-corrected chi connectivity index (χ1v) is 11.4. The van der Waals surface area contributed by atoms with Crippen LogP contribution in [0.1, 0.15) is 36.4 Å². The second kappa shape index (κ2) is 7.98. The number of amides is 3. The molecule has 0 aromatic carbocycles. The van der Waals surface area contributed by atoms with Crippen molar-refractivity contribution in [1.82, 2.24) is 19.9 Å². The molecule has 0 atom stereocenters. The number of aryl methyl sites for hydroxylation is 2. The molecule has 1 spiro atoms. The summed E-state index contributed by atoms with van der Waals surface area (Å²) in [5.74, 6) is 1.54. The number of rotatable bonds is 4. The summed E-state index contributed by atoms with van der Waals surface area (Å²) >= 11 is 1.57. The summed E-state index contributed by atoms with van der Waals surface area (Å²) in [6.07, 6.45) is 7.09. The maximum Gasteiger partial charge on any atom is 0.329 e. The molecule has 164 valence electrons. The molecule has 1 aliphatic heterocycles. The predicted octanol–water partition coefficient (Wildman–Crippen LogP) is 4.94. The van der Waals surface area contributed by atoms with Crippen LogP contribution in [0.4, 0.5) is 10.6 Å². The molecule has 2 fully saturated rings. The molecule has 4 heterocycles. The van der Waals surface area contributed by atoms with E-state index in [1.807, 2.05) is 19.9 Å². The quantitative estimate of drug-likeness (QED) is 0.606. The lowest BCUT2D eigenvalue weighted by Crippen LogP contribution is -2.43. The van der Waals surface area contributed by atoms with E-state index in [0.29, 0.717) is 29.6 Å². The van der Waals surface area contributed by atoms with Gasteiger partial charge in [-0.15, -0.1) is 11.3 Å². The van der Waals surface area contributed by atoms with Crippen LogP contribution in [-0.2, 0) is 4.79 Å². The van der Waals surface area contributed by atoms with Crippen molar-refractivity contribution in [2.45, 2.75) is 39.5 Å². The standard InChI is InChI=1S/C23H23N5O3S/c1-14-18(31-16-6-10-24-17(12-16)19-13-25-15(2)32-19)4-5-20(26-14)27-22(30)28-11-9-23(21(28)29)7-3-8-23/h4-6,10,12-13H,3,7-9,11H2,1-2H3,(H,26,27,30). The van der Waals surface area contributed by atoms with Crippen LogP contribution >= 0.6 is 11.3 Å². The number of imide groups is 1. The smallest absolute Gasteiger partial charge is 0.329 e. The van der Waals surface area contributed by atoms with Gasteiger partial charge in [-0.3, -0.25) is 20.0 Å². The summed E-state index contributed by atoms with van der Waals surface area (Å²) in [4.78, 5) is 40.6. The fraction of sp³-hybridized carbons (Fsp3) is 0.348. The maximum atomic E-state index is 12.6. The van der Waals surface area contributed by atoms with Crippen LogP contribution in [0.15, 0.2) is 36.7 Å². The maximum absolute atomic E-state index is 12.6. The summed E-state index contributed by atoms with van der Waals surface area (Å²) in [5, 5.41) is 3.73. The number of thiazole rings is 1. The summed E-state index contributed by atoms with van der Waals surface area (Å²) in [5.41, 5.74) is 1.12. The largest absolute Gasteiger partial charge is 0.455 e. The van der Waals surface area contributed by atoms with Crippen LogP contribution in [0.5, 0.6) is 11.5 Å². The molecule has 0 radical (unpaired) electrons. The van der Waals surface area contributed by atoms with E-state index in [9.17, 15) is 9.59 Å². The molecule has 1 saturated carbocycles. The van der Waals surface area contributed by atoms with Gasteiger partial charge >= 0.3 is 6.03 Å². The van der Waals surface area contributed by atoms with Gasteiger partial charge in [0.1, 0.15) is 17.3 Å². The minimum atomic E-state index is -0.419. The predicted molar refractivity (Wildman–Crippen MR) is 121 cm³/mol. The summed E-state index contributed by atoms with van der Waals surface area (Å²) in [6, 6.07) is 6.65. The van der Waals surface area contributed by atoms with E-state index < -0.39 is 6.03 Å². The topological polar surface area (TPSA) is 97.3 Å². The average molecular weight is 450 g/mol. The van der Waals surface area contributed by atoms with E-state index in [0.717, 1.165) is 41.3 Å². The Kier molecular flexibility index (Phi) is 5.13. The van der Waals surface area contributed by atoms with Crippen molar-refractivity contribution in [2.75, 3.05) is 11.9 Å². The van der Waals surface area contributed by atoms with Gasteiger partial charge in [0.2, 0.25) is 5.91 Å². The van der Waals surface area contributed by atoms with Gasteiger partial charge < -0.3 is 4.74 Å². The Morgan fingerprint density at radius 3 is 2.69 bits per heavy atom. The van der Waals surface area contributed by atoms with Crippen molar-refractivity contribution in [2.24, 2.45) is 5.41 Å². The van der Waals surface area contributed by atoms with Crippen molar-refractivity contribution >= 4 is 29.1 Å². The molecule has 5 rings (SSSR count). The molecule has 1 aliphatic carbocycles. The fourth-order valence-corrected chi connectivity index (χ4v) is 4.95. The Morgan fingerprint density at radius 2 is 2.03 bits per heavy atom. The van der Waals surface area contributed by atoms with Gasteiger partial charge in [-0.05, 0) is 51.3 Å². The molecule has 3 aromatic heterocycles. The van der Waals surface area contributed by atoms with Crippen LogP contribution in [0.2, 0.25) is 0 Å². The highest BCUT2D eigenvalue weighted by atomic mass is 32.1. The third-order valence-electron chi connectivity index (χ3n) is 6.17. The van der Waals surface area contributed by atoms with Gasteiger partial charge in [0.25, 0.3) is 0 Å². The number of nitrogens with zero attached hydrogens (tertiary/aromatic N) is 4. The van der Waals surface area contributed by atoms with Crippen molar-refractivity contribution in [3.05, 3.63) is 47.4 Å². The van der Waals surface area contributed by atoms with Gasteiger partial charge in [-0.2, -0.15) is 0 Å². The van der Waals surface area contributed by atoms with Crippen LogP contribution in [0.25, 0.3) is 10.6 Å². The van der Waals surface area contributed by atoms with Crippen LogP contribution in [0, 0.1) is 19.3 Å². The number of anilines is 1. The normalized spacial score (nSPS) is 16.8. The van der Waals surface area contributed by atoms with Gasteiger partial charge in [0, 0.05) is 25.0 Å². The Balaban J connectivity index is 1.27. The highest BCUT2D eigenvalue weighted by molar-refractivity contribution is 7.15. The Bertz CT molecular complexity index is 1200. The van der Waals surface area contributed by atoms with Gasteiger partial charge in [0.15, 0.2) is 0 Å². The zero-order chi connectivity index (χ0) is 22.3. The molecular formula is C23H23N5O3S. The fourth-order valence-electron chi connectivity index (χ4n) is 4.20. The second-order valence-electron chi connectivity index (χ2n) is 8.27. The zero-order valence-corrected chi connectivity index (χ0v) is 18.7. The molecule has 2 aliphatic rings. The number of urea groups is 1. The molecule has 3 aromatic rings. The van der Waals surface area contributed by atoms with E-state index in [1.165, 1.54) is 4.90 Å². The number of hydrogen-bond donors (Lipinski definition) is 1. The number of ether oxygens (including phenoxy) is 1. The molecule has 0 unspecified atom stereocenters. The Hall–Kier alpha value is -3.33. The van der Waals surface area contributed by atoms with Crippen LogP contribution in [-0.4, -0.2) is 38.3 Å². The summed E-state index contributed by atoms with van der Waals surface area (Å²) < 4.78 is 6.01. The SMILES string of the molecule is Cc1ncc(-c2cc(Oc3ccc(NC(=O)N4CCC5(CCC5)C4=O)nc3C)ccn2)s1. The average Bonchev–Trinajstić information content (AvgIpc) is 3.33. The van der Waals surface area contributed by atoms with Gasteiger partial charge in [0.05, 0.1) is 26.7 Å². The first kappa shape index (κ1) is 20.6. The summed E-state index contributed by atoms with van der Waals surface area (Å²) in [7, 11) is 0. The van der Waals surface area contributed by atoms with Crippen LogP contribution < -0.4 is 10.1 Å². The number of likely N-dealkylation sites (tertiary alicyclic amines) is 1. The third kappa shape index (κ3) is 3.73. The lowest BCUT2D eigenvalue weighted by Gasteiger charge is -2.35. The Labute approximate surface area is 189 Å². The van der Waals surface area contributed by atoms with E-state index >= 15 is 0 Å². The van der Waals surface area contributed by atoms with Crippen molar-refractivity contribution in [3.8, 4) is 22.1 Å². The highest BCUT2D eigenvalue weighted by Crippen LogP contribution is 2.49. The minimum absolute atomic E-state index is 0.0532. The molecule has 0 bridgehead atoms. The van der Waals surface area contributed by atoms with Crippen molar-refractivity contribution in [1.29, 1.82) is 0 Å². The van der Waals surface area contributed by atoms with E-state index in [-0.39, 0.29) is 11.3 Å². The molecule has 8 nitrogen and oxygen atoms in total. The molecule has 1 N–H and O–H groups in total. The van der Waals surface area contributed by atoms with Gasteiger partial charge in [-0.1, -0.05) is 6.42 Å². The number of pyridine rings is 2. The lowest BCUT2D eigenvalue weighted by atomic mass is 9.68. The van der Waals surface area contributed by atoms with Crippen molar-refractivity contribution in [3.63, 3.8) is 0 Å². The van der Waals surface area contributed by atoms with E-state index in [4.69, 9.17) is 4.74 Å². The molecule has 9 heteroatoms. The van der Waals surface area contributed by atoms with E-state index in [1.54, 1.807) is 41.9 Å². The highest BCUT2D eigenvalue weighted by Gasteiger charge is 2.52. The molecule has 1 saturated heterocycles. The second-order valence-corrected chi connectivity index (χ2v) is 9.51. The third-order valence-corrected chi connectivity index (χ3v) is 7.11. The first-order valence-electron chi connectivity index (χ1n) is 10.6. The van der Waals surface area contributed by atoms with Crippen LogP contribution in [0.3, 0.4) is 0 Å². The number of nitrogens with one attached hydrogen (secondary N) is 1. The van der Waals surface area contributed by atoms with Crippen molar-refractivity contribution < 1.29 is 14.3 Å². The number of aromatic nitrogens is 3. The Morgan fingerprint density at radius 1 is 1.19 bits per heavy atom.